The SMILES string of the molecule is CCCCCCOc1ccc(C(C)C)c2c1[Se][Se]c1c(OCCCCCC)ccc(C(C)C)c1SS2. The Labute approximate surface area is 239 Å². The van der Waals surface area contributed by atoms with E-state index >= 15 is 0 Å². The zero-order valence-corrected chi connectivity index (χ0v) is 28.0. The molecule has 0 saturated heterocycles. The summed E-state index contributed by atoms with van der Waals surface area (Å²) in [6, 6.07) is 9.16. The summed E-state index contributed by atoms with van der Waals surface area (Å²) >= 11 is 0.704. The number of rotatable bonds is 14. The monoisotopic (exact) mass is 660 g/mol. The van der Waals surface area contributed by atoms with E-state index in [1.165, 1.54) is 68.4 Å². The third-order valence-electron chi connectivity index (χ3n) is 6.38. The Morgan fingerprint density at radius 2 is 1.03 bits per heavy atom. The molecule has 36 heavy (non-hydrogen) atoms. The molecule has 2 nitrogen and oxygen atoms in total. The molecule has 1 aliphatic rings. The summed E-state index contributed by atoms with van der Waals surface area (Å²) in [6.45, 7) is 15.5. The average molecular weight is 659 g/mol. The van der Waals surface area contributed by atoms with Crippen molar-refractivity contribution in [2.75, 3.05) is 13.2 Å². The topological polar surface area (TPSA) is 18.5 Å². The molecular weight excluding hydrogens is 614 g/mol. The fourth-order valence-electron chi connectivity index (χ4n) is 4.17. The maximum absolute atomic E-state index is 6.44. The predicted octanol–water partition coefficient (Wildman–Crippen LogP) is 8.24. The summed E-state index contributed by atoms with van der Waals surface area (Å²) in [6.07, 6.45) is 9.92. The molecule has 1 aliphatic heterocycles. The van der Waals surface area contributed by atoms with Crippen molar-refractivity contribution in [1.82, 2.24) is 0 Å². The molecule has 3 rings (SSSR count). The van der Waals surface area contributed by atoms with Gasteiger partial charge in [0.05, 0.1) is 0 Å². The Bertz CT molecular complexity index is 885. The molecule has 0 amide bonds. The normalized spacial score (nSPS) is 13.3. The summed E-state index contributed by atoms with van der Waals surface area (Å²) in [7, 11) is 3.93. The van der Waals surface area contributed by atoms with E-state index in [0.717, 1.165) is 37.6 Å². The van der Waals surface area contributed by atoms with Crippen molar-refractivity contribution in [3.63, 3.8) is 0 Å². The molecule has 200 valence electrons. The predicted molar refractivity (Wildman–Crippen MR) is 163 cm³/mol. The molecule has 2 aromatic carbocycles. The molecule has 1 heterocycles. The van der Waals surface area contributed by atoms with E-state index in [1.54, 1.807) is 0 Å². The van der Waals surface area contributed by atoms with Gasteiger partial charge in [0.1, 0.15) is 0 Å². The number of hydrogen-bond donors (Lipinski definition) is 0. The third kappa shape index (κ3) is 8.39. The fourth-order valence-corrected chi connectivity index (χ4v) is 17.4. The molecule has 0 saturated carbocycles. The van der Waals surface area contributed by atoms with Gasteiger partial charge >= 0.3 is 241 Å². The van der Waals surface area contributed by atoms with Crippen LogP contribution >= 0.6 is 21.6 Å². The van der Waals surface area contributed by atoms with Gasteiger partial charge in [-0.25, -0.2) is 0 Å². The van der Waals surface area contributed by atoms with E-state index in [1.807, 2.05) is 21.6 Å². The van der Waals surface area contributed by atoms with Crippen LogP contribution in [-0.2, 0) is 0 Å². The molecule has 2 aromatic rings. The van der Waals surface area contributed by atoms with Crippen LogP contribution in [-0.4, -0.2) is 39.5 Å². The van der Waals surface area contributed by atoms with Gasteiger partial charge in [0.15, 0.2) is 0 Å². The second-order valence-electron chi connectivity index (χ2n) is 10.1. The second kappa shape index (κ2) is 16.0. The molecule has 0 aliphatic carbocycles. The zero-order valence-electron chi connectivity index (χ0n) is 23.0. The van der Waals surface area contributed by atoms with Gasteiger partial charge in [-0.1, -0.05) is 0 Å². The molecule has 0 atom stereocenters. The average Bonchev–Trinajstić information content (AvgIpc) is 2.84. The Balaban J connectivity index is 1.89. The molecule has 0 bridgehead atoms. The van der Waals surface area contributed by atoms with Crippen LogP contribution in [0.15, 0.2) is 34.1 Å². The van der Waals surface area contributed by atoms with Crippen LogP contribution in [0.4, 0.5) is 0 Å². The van der Waals surface area contributed by atoms with Gasteiger partial charge in [-0.2, -0.15) is 0 Å². The van der Waals surface area contributed by atoms with Crippen LogP contribution < -0.4 is 18.4 Å². The Kier molecular flexibility index (Phi) is 13.5. The van der Waals surface area contributed by atoms with Gasteiger partial charge in [-0.05, 0) is 0 Å². The van der Waals surface area contributed by atoms with Crippen LogP contribution in [0.3, 0.4) is 0 Å². The molecule has 0 spiro atoms. The van der Waals surface area contributed by atoms with Gasteiger partial charge in [0.2, 0.25) is 0 Å². The molecule has 0 unspecified atom stereocenters. The van der Waals surface area contributed by atoms with Gasteiger partial charge in [0, 0.05) is 0 Å². The summed E-state index contributed by atoms with van der Waals surface area (Å²) in [4.78, 5) is 2.93. The van der Waals surface area contributed by atoms with E-state index < -0.39 is 0 Å². The molecular formula is C30H44O2S2Se2. The molecule has 6 heteroatoms. The van der Waals surface area contributed by atoms with Gasteiger partial charge in [0.25, 0.3) is 0 Å². The first kappa shape index (κ1) is 30.3. The number of benzene rings is 2. The standard InChI is InChI=1S/C30H44O2S2Se2/c1-7-9-11-13-19-31-25-17-15-23(21(3)4)27-29(25)35-36-30-26(32-20-14-12-10-8-2)18-16-24(22(5)6)28(30)34-33-27/h15-18,21-22H,7-14,19-20H2,1-6H3. The van der Waals surface area contributed by atoms with Crippen LogP contribution in [0.1, 0.15) is 116 Å². The van der Waals surface area contributed by atoms with Crippen molar-refractivity contribution in [2.24, 2.45) is 0 Å². The minimum absolute atomic E-state index is 0.352. The maximum atomic E-state index is 6.44. The van der Waals surface area contributed by atoms with Crippen molar-refractivity contribution in [1.29, 1.82) is 0 Å². The number of ether oxygens (including phenoxy) is 2. The first-order valence-electron chi connectivity index (χ1n) is 13.8. The van der Waals surface area contributed by atoms with Gasteiger partial charge in [-0.15, -0.1) is 0 Å². The van der Waals surface area contributed by atoms with Crippen molar-refractivity contribution in [3.05, 3.63) is 35.4 Å². The number of unbranched alkanes of at least 4 members (excludes halogenated alkanes) is 6. The van der Waals surface area contributed by atoms with Gasteiger partial charge in [-0.3, -0.25) is 0 Å². The van der Waals surface area contributed by atoms with Crippen LogP contribution in [0.2, 0.25) is 0 Å². The van der Waals surface area contributed by atoms with Crippen LogP contribution in [0.5, 0.6) is 11.5 Å². The Morgan fingerprint density at radius 3 is 1.39 bits per heavy atom. The third-order valence-corrected chi connectivity index (χ3v) is 16.6. The summed E-state index contributed by atoms with van der Waals surface area (Å²) < 4.78 is 15.8. The number of fused-ring (bicyclic) bond motifs is 2. The van der Waals surface area contributed by atoms with E-state index in [-0.39, 0.29) is 0 Å². The molecule has 0 fully saturated rings. The van der Waals surface area contributed by atoms with E-state index in [2.05, 4.69) is 65.8 Å². The van der Waals surface area contributed by atoms with Crippen molar-refractivity contribution >= 4 is 56.8 Å². The van der Waals surface area contributed by atoms with E-state index in [4.69, 9.17) is 9.47 Å². The van der Waals surface area contributed by atoms with Crippen LogP contribution in [0.25, 0.3) is 0 Å². The van der Waals surface area contributed by atoms with Crippen molar-refractivity contribution in [3.8, 4) is 11.5 Å². The van der Waals surface area contributed by atoms with Crippen LogP contribution in [0, 0.1) is 0 Å². The summed E-state index contributed by atoms with van der Waals surface area (Å²) in [5, 5.41) is 0. The summed E-state index contributed by atoms with van der Waals surface area (Å²) in [5.41, 5.74) is 2.94. The fraction of sp³-hybridized carbons (Fsp3) is 0.600. The van der Waals surface area contributed by atoms with Crippen molar-refractivity contribution in [2.45, 2.75) is 115 Å². The first-order valence-corrected chi connectivity index (χ1v) is 22.0. The molecule has 0 radical (unpaired) electrons. The second-order valence-corrected chi connectivity index (χ2v) is 18.3. The van der Waals surface area contributed by atoms with E-state index in [9.17, 15) is 0 Å². The molecule has 0 N–H and O–H groups in total. The van der Waals surface area contributed by atoms with Gasteiger partial charge < -0.3 is 0 Å². The van der Waals surface area contributed by atoms with E-state index in [0.29, 0.717) is 38.1 Å². The quantitative estimate of drug-likeness (QED) is 0.116. The van der Waals surface area contributed by atoms with Crippen molar-refractivity contribution < 1.29 is 9.47 Å². The summed E-state index contributed by atoms with van der Waals surface area (Å²) in [5.74, 6) is 3.28. The Hall–Kier alpha value is -0.221. The molecule has 0 aromatic heterocycles. The number of hydrogen-bond acceptors (Lipinski definition) is 4. The Morgan fingerprint density at radius 1 is 0.611 bits per heavy atom. The first-order chi connectivity index (χ1) is 17.5. The minimum atomic E-state index is 0.352. The zero-order chi connectivity index (χ0) is 25.9.